The number of carbonyl (C=O) groups excluding carboxylic acids is 1. The van der Waals surface area contributed by atoms with Crippen LogP contribution in [0.4, 0.5) is 0 Å². The molecule has 0 aliphatic carbocycles. The van der Waals surface area contributed by atoms with Crippen LogP contribution < -0.4 is 0 Å². The molecule has 0 unspecified atom stereocenters. The number of hydrogen-bond donors (Lipinski definition) is 0. The predicted octanol–water partition coefficient (Wildman–Crippen LogP) is 2.02. The van der Waals surface area contributed by atoms with E-state index in [2.05, 4.69) is 10.1 Å². The first-order valence-electron chi connectivity index (χ1n) is 5.24. The summed E-state index contributed by atoms with van der Waals surface area (Å²) in [6.07, 6.45) is 1.87. The average Bonchev–Trinajstić information content (AvgIpc) is 2.50. The number of nitrogens with zero attached hydrogens (tertiary/aromatic N) is 3. The molecule has 0 aliphatic rings. The SMILES string of the molecule is CC(C)n1ncnc1CC(=O)C(C)(C)C. The van der Waals surface area contributed by atoms with Gasteiger partial charge in [0, 0.05) is 11.5 Å². The standard InChI is InChI=1S/C11H19N3O/c1-8(2)14-10(12-7-13-14)6-9(15)11(3,4)5/h7-8H,6H2,1-5H3. The number of carbonyl (C=O) groups is 1. The molecule has 0 aromatic carbocycles. The molecule has 0 spiro atoms. The monoisotopic (exact) mass is 209 g/mol. The number of rotatable bonds is 3. The van der Waals surface area contributed by atoms with Gasteiger partial charge < -0.3 is 0 Å². The third kappa shape index (κ3) is 2.88. The van der Waals surface area contributed by atoms with E-state index in [1.807, 2.05) is 34.6 Å². The van der Waals surface area contributed by atoms with Gasteiger partial charge in [-0.25, -0.2) is 9.67 Å². The van der Waals surface area contributed by atoms with Crippen molar-refractivity contribution in [2.45, 2.75) is 47.1 Å². The van der Waals surface area contributed by atoms with Gasteiger partial charge in [0.05, 0.1) is 6.42 Å². The highest BCUT2D eigenvalue weighted by Crippen LogP contribution is 2.17. The van der Waals surface area contributed by atoms with Gasteiger partial charge in [-0.2, -0.15) is 5.10 Å². The summed E-state index contributed by atoms with van der Waals surface area (Å²) < 4.78 is 1.80. The van der Waals surface area contributed by atoms with Gasteiger partial charge >= 0.3 is 0 Å². The van der Waals surface area contributed by atoms with Gasteiger partial charge in [0.1, 0.15) is 17.9 Å². The first-order valence-corrected chi connectivity index (χ1v) is 5.24. The third-order valence-corrected chi connectivity index (χ3v) is 2.29. The van der Waals surface area contributed by atoms with Gasteiger partial charge in [0.25, 0.3) is 0 Å². The molecule has 0 amide bonds. The lowest BCUT2D eigenvalue weighted by atomic mass is 9.89. The summed E-state index contributed by atoms with van der Waals surface area (Å²) in [5.41, 5.74) is -0.312. The fourth-order valence-electron chi connectivity index (χ4n) is 1.24. The largest absolute Gasteiger partial charge is 0.299 e. The van der Waals surface area contributed by atoms with Crippen LogP contribution in [0.5, 0.6) is 0 Å². The van der Waals surface area contributed by atoms with Crippen molar-refractivity contribution in [3.05, 3.63) is 12.2 Å². The molecule has 1 heterocycles. The highest BCUT2D eigenvalue weighted by atomic mass is 16.1. The maximum atomic E-state index is 11.8. The molecule has 4 nitrogen and oxygen atoms in total. The molecule has 0 aliphatic heterocycles. The zero-order valence-electron chi connectivity index (χ0n) is 10.1. The zero-order chi connectivity index (χ0) is 11.6. The normalized spacial score (nSPS) is 12.1. The highest BCUT2D eigenvalue weighted by Gasteiger charge is 2.23. The Labute approximate surface area is 90.7 Å². The van der Waals surface area contributed by atoms with Crippen molar-refractivity contribution in [1.29, 1.82) is 0 Å². The van der Waals surface area contributed by atoms with Crippen LogP contribution in [0.25, 0.3) is 0 Å². The molecule has 0 atom stereocenters. The number of aromatic nitrogens is 3. The molecule has 1 rings (SSSR count). The van der Waals surface area contributed by atoms with Crippen LogP contribution in [0.3, 0.4) is 0 Å². The fourth-order valence-corrected chi connectivity index (χ4v) is 1.24. The van der Waals surface area contributed by atoms with E-state index < -0.39 is 0 Å². The van der Waals surface area contributed by atoms with Gasteiger partial charge in [0.15, 0.2) is 0 Å². The summed E-state index contributed by atoms with van der Waals surface area (Å²) in [7, 11) is 0. The summed E-state index contributed by atoms with van der Waals surface area (Å²) >= 11 is 0. The van der Waals surface area contributed by atoms with E-state index in [0.29, 0.717) is 6.42 Å². The molecule has 0 saturated carbocycles. The lowest BCUT2D eigenvalue weighted by Crippen LogP contribution is -2.24. The van der Waals surface area contributed by atoms with E-state index in [1.165, 1.54) is 6.33 Å². The Kier molecular flexibility index (Phi) is 3.27. The first-order chi connectivity index (χ1) is 6.82. The van der Waals surface area contributed by atoms with Crippen LogP contribution in [-0.2, 0) is 11.2 Å². The van der Waals surface area contributed by atoms with Gasteiger partial charge in [-0.05, 0) is 13.8 Å². The Bertz CT molecular complexity index is 347. The average molecular weight is 209 g/mol. The summed E-state index contributed by atoms with van der Waals surface area (Å²) in [4.78, 5) is 15.9. The highest BCUT2D eigenvalue weighted by molar-refractivity contribution is 5.85. The maximum absolute atomic E-state index is 11.8. The fraction of sp³-hybridized carbons (Fsp3) is 0.727. The van der Waals surface area contributed by atoms with Gasteiger partial charge in [0.2, 0.25) is 0 Å². The molecule has 0 N–H and O–H groups in total. The lowest BCUT2D eigenvalue weighted by molar-refractivity contribution is -0.125. The van der Waals surface area contributed by atoms with Crippen LogP contribution in [-0.4, -0.2) is 20.5 Å². The Balaban J connectivity index is 2.82. The van der Waals surface area contributed by atoms with Crippen molar-refractivity contribution in [2.24, 2.45) is 5.41 Å². The van der Waals surface area contributed by atoms with E-state index >= 15 is 0 Å². The molecule has 1 aromatic rings. The predicted molar refractivity (Wildman–Crippen MR) is 58.6 cm³/mol. The second kappa shape index (κ2) is 4.13. The minimum absolute atomic E-state index is 0.192. The Morgan fingerprint density at radius 2 is 2.07 bits per heavy atom. The number of Topliss-reactive ketones (excluding diaryl/α,β-unsaturated/α-hetero) is 1. The van der Waals surface area contributed by atoms with Crippen molar-refractivity contribution < 1.29 is 4.79 Å². The molecule has 0 saturated heterocycles. The van der Waals surface area contributed by atoms with Crippen LogP contribution in [0.2, 0.25) is 0 Å². The smallest absolute Gasteiger partial charge is 0.145 e. The minimum atomic E-state index is -0.312. The number of ketones is 1. The molecule has 1 aromatic heterocycles. The maximum Gasteiger partial charge on any atom is 0.145 e. The number of hydrogen-bond acceptors (Lipinski definition) is 3. The molecule has 0 fully saturated rings. The quantitative estimate of drug-likeness (QED) is 0.765. The minimum Gasteiger partial charge on any atom is -0.299 e. The summed E-state index contributed by atoms with van der Waals surface area (Å²) in [6, 6.07) is 0.246. The lowest BCUT2D eigenvalue weighted by Gasteiger charge is -2.17. The van der Waals surface area contributed by atoms with Gasteiger partial charge in [-0.15, -0.1) is 0 Å². The second-order valence-electron chi connectivity index (χ2n) is 5.06. The van der Waals surface area contributed by atoms with Crippen LogP contribution in [0.1, 0.15) is 46.5 Å². The topological polar surface area (TPSA) is 47.8 Å². The third-order valence-electron chi connectivity index (χ3n) is 2.29. The summed E-state index contributed by atoms with van der Waals surface area (Å²) in [5.74, 6) is 0.947. The molecule has 0 bridgehead atoms. The zero-order valence-corrected chi connectivity index (χ0v) is 10.1. The molecular weight excluding hydrogens is 190 g/mol. The van der Waals surface area contributed by atoms with Crippen molar-refractivity contribution in [3.8, 4) is 0 Å². The van der Waals surface area contributed by atoms with Crippen molar-refractivity contribution in [2.75, 3.05) is 0 Å². The van der Waals surface area contributed by atoms with Crippen LogP contribution >= 0.6 is 0 Å². The Morgan fingerprint density at radius 3 is 2.53 bits per heavy atom. The molecule has 0 radical (unpaired) electrons. The van der Waals surface area contributed by atoms with Crippen LogP contribution in [0.15, 0.2) is 6.33 Å². The van der Waals surface area contributed by atoms with Crippen molar-refractivity contribution in [1.82, 2.24) is 14.8 Å². The van der Waals surface area contributed by atoms with E-state index in [-0.39, 0.29) is 17.2 Å². The molecule has 84 valence electrons. The van der Waals surface area contributed by atoms with Gasteiger partial charge in [-0.1, -0.05) is 20.8 Å². The van der Waals surface area contributed by atoms with E-state index in [4.69, 9.17) is 0 Å². The first kappa shape index (κ1) is 11.9. The second-order valence-corrected chi connectivity index (χ2v) is 5.06. The molecular formula is C11H19N3O. The van der Waals surface area contributed by atoms with E-state index in [0.717, 1.165) is 5.82 Å². The summed E-state index contributed by atoms with van der Waals surface area (Å²) in [6.45, 7) is 9.82. The molecule has 4 heteroatoms. The van der Waals surface area contributed by atoms with E-state index in [1.54, 1.807) is 4.68 Å². The van der Waals surface area contributed by atoms with Crippen molar-refractivity contribution in [3.63, 3.8) is 0 Å². The Morgan fingerprint density at radius 1 is 1.47 bits per heavy atom. The molecule has 15 heavy (non-hydrogen) atoms. The van der Waals surface area contributed by atoms with Crippen molar-refractivity contribution >= 4 is 5.78 Å². The van der Waals surface area contributed by atoms with Crippen LogP contribution in [0, 0.1) is 5.41 Å². The Hall–Kier alpha value is -1.19. The van der Waals surface area contributed by atoms with Gasteiger partial charge in [-0.3, -0.25) is 4.79 Å². The van der Waals surface area contributed by atoms with E-state index in [9.17, 15) is 4.79 Å². The summed E-state index contributed by atoms with van der Waals surface area (Å²) in [5, 5.41) is 4.10.